The van der Waals surface area contributed by atoms with Gasteiger partial charge in [0.2, 0.25) is 0 Å². The SMILES string of the molecule is CCOc1cc(Br)c(N2C(=NC(=O)C(C)(C)C)SC3CS(=O)(=O)CC32)cc1OCC. The molecule has 0 spiro atoms. The minimum absolute atomic E-state index is 0.0248. The van der Waals surface area contributed by atoms with E-state index < -0.39 is 15.3 Å². The van der Waals surface area contributed by atoms with Crippen LogP contribution in [0.25, 0.3) is 0 Å². The van der Waals surface area contributed by atoms with Gasteiger partial charge in [-0.3, -0.25) is 4.79 Å². The van der Waals surface area contributed by atoms with Gasteiger partial charge in [0.1, 0.15) is 0 Å². The number of aliphatic imine (C=N–C) groups is 1. The highest BCUT2D eigenvalue weighted by Crippen LogP contribution is 2.46. The number of anilines is 1. The molecule has 2 saturated heterocycles. The number of benzene rings is 1. The van der Waals surface area contributed by atoms with Crippen molar-refractivity contribution in [2.24, 2.45) is 10.4 Å². The lowest BCUT2D eigenvalue weighted by molar-refractivity contribution is -0.124. The van der Waals surface area contributed by atoms with Gasteiger partial charge in [-0.1, -0.05) is 32.5 Å². The zero-order valence-electron chi connectivity index (χ0n) is 17.8. The number of rotatable bonds is 5. The molecule has 10 heteroatoms. The summed E-state index contributed by atoms with van der Waals surface area (Å²) in [5.74, 6) is 1.02. The summed E-state index contributed by atoms with van der Waals surface area (Å²) in [7, 11) is -3.15. The summed E-state index contributed by atoms with van der Waals surface area (Å²) in [4.78, 5) is 18.9. The van der Waals surface area contributed by atoms with Crippen LogP contribution in [0, 0.1) is 5.41 Å². The molecule has 1 aromatic rings. The quantitative estimate of drug-likeness (QED) is 0.584. The number of hydrogen-bond acceptors (Lipinski definition) is 6. The highest BCUT2D eigenvalue weighted by molar-refractivity contribution is 9.10. The van der Waals surface area contributed by atoms with Crippen LogP contribution < -0.4 is 14.4 Å². The third-order valence-electron chi connectivity index (χ3n) is 4.78. The molecular formula is C20H27BrN2O5S2. The largest absolute Gasteiger partial charge is 0.490 e. The van der Waals surface area contributed by atoms with Gasteiger partial charge in [0.15, 0.2) is 26.5 Å². The van der Waals surface area contributed by atoms with E-state index in [0.29, 0.717) is 35.6 Å². The van der Waals surface area contributed by atoms with Gasteiger partial charge in [-0.2, -0.15) is 4.99 Å². The molecule has 2 fully saturated rings. The van der Waals surface area contributed by atoms with Crippen molar-refractivity contribution in [2.45, 2.75) is 45.9 Å². The smallest absolute Gasteiger partial charge is 0.253 e. The Morgan fingerprint density at radius 1 is 1.20 bits per heavy atom. The molecule has 2 atom stereocenters. The number of hydrogen-bond donors (Lipinski definition) is 0. The molecule has 2 heterocycles. The van der Waals surface area contributed by atoms with Gasteiger partial charge in [0, 0.05) is 27.3 Å². The Hall–Kier alpha value is -1.26. The van der Waals surface area contributed by atoms with Crippen LogP contribution in [-0.4, -0.2) is 55.5 Å². The zero-order valence-corrected chi connectivity index (χ0v) is 21.0. The molecular weight excluding hydrogens is 492 g/mol. The molecule has 166 valence electrons. The zero-order chi connectivity index (χ0) is 22.3. The van der Waals surface area contributed by atoms with Gasteiger partial charge in [-0.15, -0.1) is 0 Å². The number of ether oxygens (including phenoxy) is 2. The van der Waals surface area contributed by atoms with Crippen molar-refractivity contribution in [2.75, 3.05) is 29.6 Å². The first-order chi connectivity index (χ1) is 14.0. The van der Waals surface area contributed by atoms with Gasteiger partial charge in [0.25, 0.3) is 5.91 Å². The van der Waals surface area contributed by atoms with Crippen molar-refractivity contribution >= 4 is 54.3 Å². The first kappa shape index (κ1) is 23.4. The number of nitrogens with zero attached hydrogens (tertiary/aromatic N) is 2. The molecule has 2 aliphatic heterocycles. The van der Waals surface area contributed by atoms with E-state index in [0.717, 1.165) is 4.47 Å². The maximum absolute atomic E-state index is 12.6. The monoisotopic (exact) mass is 518 g/mol. The summed E-state index contributed by atoms with van der Waals surface area (Å²) in [6, 6.07) is 3.34. The predicted molar refractivity (Wildman–Crippen MR) is 125 cm³/mol. The normalized spacial score (nSPS) is 24.2. The molecule has 1 amide bonds. The summed E-state index contributed by atoms with van der Waals surface area (Å²) < 4.78 is 36.8. The third kappa shape index (κ3) is 4.80. The fourth-order valence-corrected chi connectivity index (χ4v) is 7.77. The molecule has 0 radical (unpaired) electrons. The van der Waals surface area contributed by atoms with Crippen molar-refractivity contribution in [1.29, 1.82) is 0 Å². The van der Waals surface area contributed by atoms with Crippen LogP contribution in [0.3, 0.4) is 0 Å². The molecule has 2 aliphatic rings. The molecule has 7 nitrogen and oxygen atoms in total. The van der Waals surface area contributed by atoms with Crippen molar-refractivity contribution in [3.8, 4) is 11.5 Å². The topological polar surface area (TPSA) is 85.3 Å². The summed E-state index contributed by atoms with van der Waals surface area (Å²) >= 11 is 4.95. The van der Waals surface area contributed by atoms with E-state index in [1.165, 1.54) is 11.8 Å². The first-order valence-corrected chi connectivity index (χ1v) is 13.3. The lowest BCUT2D eigenvalue weighted by Gasteiger charge is -2.27. The third-order valence-corrected chi connectivity index (χ3v) is 8.62. The van der Waals surface area contributed by atoms with E-state index in [1.54, 1.807) is 0 Å². The maximum atomic E-state index is 12.6. The van der Waals surface area contributed by atoms with Crippen LogP contribution in [0.4, 0.5) is 5.69 Å². The predicted octanol–water partition coefficient (Wildman–Crippen LogP) is 3.89. The minimum Gasteiger partial charge on any atom is -0.490 e. The number of amides is 1. The Balaban J connectivity index is 2.11. The lowest BCUT2D eigenvalue weighted by Crippen LogP contribution is -2.38. The standard InChI is InChI=1S/C20H27BrN2O5S2/c1-6-27-15-8-12(21)13(9-16(15)28-7-2)23-14-10-30(25,26)11-17(14)29-19(23)22-18(24)20(3,4)5/h8-9,14,17H,6-7,10-11H2,1-5H3. The van der Waals surface area contributed by atoms with Crippen molar-refractivity contribution in [1.82, 2.24) is 0 Å². The summed E-state index contributed by atoms with van der Waals surface area (Å²) in [6.45, 7) is 10.2. The summed E-state index contributed by atoms with van der Waals surface area (Å²) in [6.07, 6.45) is 0. The lowest BCUT2D eigenvalue weighted by atomic mass is 9.96. The number of fused-ring (bicyclic) bond motifs is 1. The molecule has 30 heavy (non-hydrogen) atoms. The second-order valence-electron chi connectivity index (χ2n) is 8.24. The van der Waals surface area contributed by atoms with Crippen molar-refractivity contribution in [3.05, 3.63) is 16.6 Å². The number of halogens is 1. The van der Waals surface area contributed by atoms with E-state index in [4.69, 9.17) is 9.47 Å². The van der Waals surface area contributed by atoms with Crippen LogP contribution in [0.15, 0.2) is 21.6 Å². The number of amidine groups is 1. The van der Waals surface area contributed by atoms with Crippen molar-refractivity contribution in [3.63, 3.8) is 0 Å². The Morgan fingerprint density at radius 3 is 2.37 bits per heavy atom. The van der Waals surface area contributed by atoms with Gasteiger partial charge in [-0.25, -0.2) is 8.42 Å². The Labute approximate surface area is 190 Å². The minimum atomic E-state index is -3.15. The number of carbonyl (C=O) groups excluding carboxylic acids is 1. The number of sulfone groups is 1. The average molecular weight is 519 g/mol. The molecule has 0 bridgehead atoms. The van der Waals surface area contributed by atoms with Gasteiger partial charge >= 0.3 is 0 Å². The molecule has 0 N–H and O–H groups in total. The second kappa shape index (κ2) is 8.70. The maximum Gasteiger partial charge on any atom is 0.253 e. The highest BCUT2D eigenvalue weighted by atomic mass is 79.9. The van der Waals surface area contributed by atoms with Crippen LogP contribution in [-0.2, 0) is 14.6 Å². The number of carbonyl (C=O) groups is 1. The fourth-order valence-electron chi connectivity index (χ4n) is 3.35. The van der Waals surface area contributed by atoms with Gasteiger partial charge in [-0.05, 0) is 29.8 Å². The summed E-state index contributed by atoms with van der Waals surface area (Å²) in [5, 5.41) is 0.350. The van der Waals surface area contributed by atoms with E-state index in [2.05, 4.69) is 20.9 Å². The molecule has 0 aliphatic carbocycles. The van der Waals surface area contributed by atoms with Crippen LogP contribution in [0.2, 0.25) is 0 Å². The van der Waals surface area contributed by atoms with E-state index in [1.807, 2.05) is 51.7 Å². The Morgan fingerprint density at radius 2 is 1.80 bits per heavy atom. The van der Waals surface area contributed by atoms with E-state index in [-0.39, 0.29) is 28.7 Å². The van der Waals surface area contributed by atoms with E-state index in [9.17, 15) is 13.2 Å². The molecule has 1 aromatic carbocycles. The Bertz CT molecular complexity index is 972. The van der Waals surface area contributed by atoms with Gasteiger partial charge < -0.3 is 14.4 Å². The summed E-state index contributed by atoms with van der Waals surface area (Å²) in [5.41, 5.74) is 0.0784. The van der Waals surface area contributed by atoms with Gasteiger partial charge in [0.05, 0.1) is 36.4 Å². The van der Waals surface area contributed by atoms with Crippen LogP contribution >= 0.6 is 27.7 Å². The molecule has 0 saturated carbocycles. The second-order valence-corrected chi connectivity index (χ2v) is 12.5. The first-order valence-electron chi connectivity index (χ1n) is 9.85. The molecule has 2 unspecified atom stereocenters. The van der Waals surface area contributed by atoms with Crippen LogP contribution in [0.5, 0.6) is 11.5 Å². The fraction of sp³-hybridized carbons (Fsp3) is 0.600. The molecule has 0 aromatic heterocycles. The Kier molecular flexibility index (Phi) is 6.79. The molecule has 3 rings (SSSR count). The highest BCUT2D eigenvalue weighted by Gasteiger charge is 2.50. The average Bonchev–Trinajstić information content (AvgIpc) is 3.08. The number of thioether (sulfide) groups is 1. The van der Waals surface area contributed by atoms with Crippen molar-refractivity contribution < 1.29 is 22.7 Å². The van der Waals surface area contributed by atoms with Crippen LogP contribution in [0.1, 0.15) is 34.6 Å². The van der Waals surface area contributed by atoms with E-state index >= 15 is 0 Å².